The van der Waals surface area contributed by atoms with Crippen molar-refractivity contribution in [2.45, 2.75) is 49.0 Å². The first-order valence-electron chi connectivity index (χ1n) is 9.63. The minimum Gasteiger partial charge on any atom is -0.393 e. The van der Waals surface area contributed by atoms with Crippen LogP contribution in [0.1, 0.15) is 55.4 Å². The molecule has 2 aromatic rings. The minimum atomic E-state index is -3.30. The molecule has 1 aromatic carbocycles. The molecule has 1 aliphatic carbocycles. The molecule has 1 aliphatic rings. The highest BCUT2D eigenvalue weighted by molar-refractivity contribution is 7.90. The number of aliphatic hydroxyl groups excluding tert-OH is 2. The van der Waals surface area contributed by atoms with Crippen LogP contribution in [0, 0.1) is 5.92 Å². The highest BCUT2D eigenvalue weighted by Gasteiger charge is 2.27. The number of sulfone groups is 1. The number of anilines is 1. The molecule has 1 amide bonds. The molecule has 1 aromatic heterocycles. The molecule has 3 N–H and O–H groups in total. The molecule has 0 aliphatic heterocycles. The average molecular weight is 439 g/mol. The predicted molar refractivity (Wildman–Crippen MR) is 112 cm³/mol. The first-order chi connectivity index (χ1) is 13.8. The topological polar surface area (TPSA) is 117 Å². The van der Waals surface area contributed by atoms with E-state index in [1.165, 1.54) is 24.2 Å². The van der Waals surface area contributed by atoms with Crippen LogP contribution in [0.15, 0.2) is 34.5 Å². The largest absolute Gasteiger partial charge is 0.393 e. The maximum Gasteiger partial charge on any atom is 0.233 e. The van der Waals surface area contributed by atoms with E-state index in [1.54, 1.807) is 29.6 Å². The lowest BCUT2D eigenvalue weighted by atomic mass is 9.87. The van der Waals surface area contributed by atoms with Gasteiger partial charge < -0.3 is 15.5 Å². The molecular weight excluding hydrogens is 412 g/mol. The van der Waals surface area contributed by atoms with Crippen molar-refractivity contribution in [2.24, 2.45) is 5.92 Å². The zero-order chi connectivity index (χ0) is 21.0. The van der Waals surface area contributed by atoms with E-state index in [0.717, 1.165) is 24.7 Å². The molecule has 0 radical (unpaired) electrons. The van der Waals surface area contributed by atoms with E-state index in [0.29, 0.717) is 23.2 Å². The molecule has 1 saturated carbocycles. The number of carbonyl (C=O) groups is 1. The van der Waals surface area contributed by atoms with Gasteiger partial charge in [0.25, 0.3) is 0 Å². The summed E-state index contributed by atoms with van der Waals surface area (Å²) in [6.07, 6.45) is 5.30. The fourth-order valence-electron chi connectivity index (χ4n) is 3.70. The zero-order valence-corrected chi connectivity index (χ0v) is 17.9. The van der Waals surface area contributed by atoms with Gasteiger partial charge in [-0.1, -0.05) is 37.8 Å². The molecule has 9 heteroatoms. The van der Waals surface area contributed by atoms with Crippen molar-refractivity contribution in [3.8, 4) is 0 Å². The van der Waals surface area contributed by atoms with Crippen molar-refractivity contribution in [2.75, 3.05) is 18.2 Å². The van der Waals surface area contributed by atoms with Crippen LogP contribution in [0.3, 0.4) is 0 Å². The van der Waals surface area contributed by atoms with Crippen molar-refractivity contribution < 1.29 is 23.4 Å². The van der Waals surface area contributed by atoms with Crippen LogP contribution in [-0.4, -0.2) is 42.4 Å². The molecule has 1 fully saturated rings. The van der Waals surface area contributed by atoms with E-state index in [1.807, 2.05) is 0 Å². The number of benzene rings is 1. The molecule has 0 saturated heterocycles. The molecule has 158 valence electrons. The summed E-state index contributed by atoms with van der Waals surface area (Å²) in [5, 5.41) is 23.5. The van der Waals surface area contributed by atoms with E-state index in [2.05, 4.69) is 10.3 Å². The molecule has 7 nitrogen and oxygen atoms in total. The number of amides is 1. The third-order valence-electron chi connectivity index (χ3n) is 5.34. The Bertz CT molecular complexity index is 934. The van der Waals surface area contributed by atoms with Crippen molar-refractivity contribution in [1.82, 2.24) is 4.98 Å². The third-order valence-corrected chi connectivity index (χ3v) is 7.24. The summed E-state index contributed by atoms with van der Waals surface area (Å²) in [6.45, 7) is -0.436. The van der Waals surface area contributed by atoms with Crippen LogP contribution < -0.4 is 5.32 Å². The number of carbonyl (C=O) groups excluding carboxylic acids is 1. The Morgan fingerprint density at radius 2 is 1.93 bits per heavy atom. The van der Waals surface area contributed by atoms with Crippen LogP contribution in [0.2, 0.25) is 0 Å². The normalized spacial score (nSPS) is 17.2. The van der Waals surface area contributed by atoms with Gasteiger partial charge >= 0.3 is 0 Å². The Kier molecular flexibility index (Phi) is 7.05. The van der Waals surface area contributed by atoms with E-state index >= 15 is 0 Å². The lowest BCUT2D eigenvalue weighted by Gasteiger charge is -2.20. The van der Waals surface area contributed by atoms with Crippen molar-refractivity contribution in [1.29, 1.82) is 0 Å². The van der Waals surface area contributed by atoms with Gasteiger partial charge in [-0.25, -0.2) is 13.4 Å². The average Bonchev–Trinajstić information content (AvgIpc) is 3.37. The molecule has 2 unspecified atom stereocenters. The Hall–Kier alpha value is -1.81. The van der Waals surface area contributed by atoms with Gasteiger partial charge in [0.1, 0.15) is 6.10 Å². The van der Waals surface area contributed by atoms with Gasteiger partial charge in [0.2, 0.25) is 5.91 Å². The molecular formula is C20H26N2O5S2. The van der Waals surface area contributed by atoms with E-state index < -0.39 is 28.5 Å². The Labute approximate surface area is 174 Å². The number of rotatable bonds is 8. The second-order valence-corrected chi connectivity index (χ2v) is 10.4. The van der Waals surface area contributed by atoms with Crippen molar-refractivity contribution in [3.05, 3.63) is 40.9 Å². The number of hydrogen-bond acceptors (Lipinski definition) is 7. The summed E-state index contributed by atoms with van der Waals surface area (Å²) >= 11 is 1.19. The van der Waals surface area contributed by atoms with Gasteiger partial charge in [0, 0.05) is 11.6 Å². The molecule has 0 spiro atoms. The number of nitrogens with zero attached hydrogens (tertiary/aromatic N) is 1. The standard InChI is InChI=1S/C20H26N2O5S2/c1-29(26,27)15-8-6-14(7-9-15)16(10-13-4-2-3-5-13)19(25)22-20-21-17(12-28-20)18(24)11-23/h6-9,12-13,16,18,23-24H,2-5,10-11H2,1H3,(H,21,22,25). The predicted octanol–water partition coefficient (Wildman–Crippen LogP) is 2.87. The number of hydrogen-bond donors (Lipinski definition) is 3. The number of aliphatic hydroxyl groups is 2. The Morgan fingerprint density at radius 1 is 1.28 bits per heavy atom. The summed E-state index contributed by atoms with van der Waals surface area (Å²) in [7, 11) is -3.30. The van der Waals surface area contributed by atoms with Crippen LogP contribution >= 0.6 is 11.3 Å². The molecule has 3 rings (SSSR count). The first-order valence-corrected chi connectivity index (χ1v) is 12.4. The number of aromatic nitrogens is 1. The first kappa shape index (κ1) is 21.9. The molecule has 29 heavy (non-hydrogen) atoms. The van der Waals surface area contributed by atoms with Gasteiger partial charge in [0.05, 0.1) is 23.1 Å². The fourth-order valence-corrected chi connectivity index (χ4v) is 5.09. The highest BCUT2D eigenvalue weighted by atomic mass is 32.2. The lowest BCUT2D eigenvalue weighted by molar-refractivity contribution is -0.118. The summed E-state index contributed by atoms with van der Waals surface area (Å²) in [5.74, 6) is -0.159. The summed E-state index contributed by atoms with van der Waals surface area (Å²) < 4.78 is 23.5. The van der Waals surface area contributed by atoms with E-state index in [-0.39, 0.29) is 10.8 Å². The summed E-state index contributed by atoms with van der Waals surface area (Å²) in [5.41, 5.74) is 1.09. The van der Waals surface area contributed by atoms with Gasteiger partial charge in [-0.3, -0.25) is 4.79 Å². The second kappa shape index (κ2) is 9.34. The van der Waals surface area contributed by atoms with E-state index in [4.69, 9.17) is 5.11 Å². The number of thiazole rings is 1. The van der Waals surface area contributed by atoms with Gasteiger partial charge in [0.15, 0.2) is 15.0 Å². The van der Waals surface area contributed by atoms with E-state index in [9.17, 15) is 18.3 Å². The van der Waals surface area contributed by atoms with Crippen LogP contribution in [0.4, 0.5) is 5.13 Å². The molecule has 2 atom stereocenters. The van der Waals surface area contributed by atoms with Crippen LogP contribution in [-0.2, 0) is 14.6 Å². The van der Waals surface area contributed by atoms with Crippen LogP contribution in [0.5, 0.6) is 0 Å². The Morgan fingerprint density at radius 3 is 2.52 bits per heavy atom. The smallest absolute Gasteiger partial charge is 0.233 e. The maximum atomic E-state index is 13.1. The van der Waals surface area contributed by atoms with Crippen LogP contribution in [0.25, 0.3) is 0 Å². The van der Waals surface area contributed by atoms with Gasteiger partial charge in [-0.15, -0.1) is 11.3 Å². The van der Waals surface area contributed by atoms with Gasteiger partial charge in [-0.05, 0) is 30.0 Å². The number of nitrogens with one attached hydrogen (secondary N) is 1. The molecule has 1 heterocycles. The summed E-state index contributed by atoms with van der Waals surface area (Å²) in [4.78, 5) is 17.5. The Balaban J connectivity index is 1.80. The molecule has 0 bridgehead atoms. The monoisotopic (exact) mass is 438 g/mol. The second-order valence-electron chi connectivity index (χ2n) is 7.55. The van der Waals surface area contributed by atoms with Gasteiger partial charge in [-0.2, -0.15) is 0 Å². The van der Waals surface area contributed by atoms with Crippen molar-refractivity contribution >= 4 is 32.2 Å². The maximum absolute atomic E-state index is 13.1. The highest BCUT2D eigenvalue weighted by Crippen LogP contribution is 2.35. The third kappa shape index (κ3) is 5.63. The SMILES string of the molecule is CS(=O)(=O)c1ccc(C(CC2CCCC2)C(=O)Nc2nc(C(O)CO)cs2)cc1. The lowest BCUT2D eigenvalue weighted by Crippen LogP contribution is -2.23. The quantitative estimate of drug-likeness (QED) is 0.583. The summed E-state index contributed by atoms with van der Waals surface area (Å²) in [6, 6.07) is 6.49. The minimum absolute atomic E-state index is 0.205. The zero-order valence-electron chi connectivity index (χ0n) is 16.2. The fraction of sp³-hybridized carbons (Fsp3) is 0.500. The van der Waals surface area contributed by atoms with Crippen molar-refractivity contribution in [3.63, 3.8) is 0 Å².